The minimum atomic E-state index is -0.668. The number of fused-ring (bicyclic) bond motifs is 1. The number of nitrogens with one attached hydrogen (secondary N) is 2. The largest absolute Gasteiger partial charge is 0.483 e. The maximum absolute atomic E-state index is 12.0. The highest BCUT2D eigenvalue weighted by molar-refractivity contribution is 6.30. The predicted octanol–water partition coefficient (Wildman–Crippen LogP) is 2.48. The van der Waals surface area contributed by atoms with Crippen LogP contribution in [0.25, 0.3) is 0 Å². The molecular weight excluding hydrogens is 372 g/mol. The summed E-state index contributed by atoms with van der Waals surface area (Å²) < 4.78 is 10.6. The Kier molecular flexibility index (Phi) is 5.61. The Balaban J connectivity index is 1.45. The maximum atomic E-state index is 12.0. The summed E-state index contributed by atoms with van der Waals surface area (Å²) in [6.45, 7) is 1.53. The van der Waals surface area contributed by atoms with E-state index in [4.69, 9.17) is 21.1 Å². The molecule has 7 nitrogen and oxygen atoms in total. The smallest absolute Gasteiger partial charge is 0.339 e. The third-order valence-corrected chi connectivity index (χ3v) is 4.22. The molecule has 27 heavy (non-hydrogen) atoms. The lowest BCUT2D eigenvalue weighted by molar-refractivity contribution is -0.131. The van der Waals surface area contributed by atoms with Gasteiger partial charge in [0.1, 0.15) is 11.9 Å². The van der Waals surface area contributed by atoms with E-state index in [-0.39, 0.29) is 13.0 Å². The van der Waals surface area contributed by atoms with E-state index in [9.17, 15) is 14.4 Å². The minimum Gasteiger partial charge on any atom is -0.483 e. The van der Waals surface area contributed by atoms with Crippen molar-refractivity contribution in [3.05, 3.63) is 64.2 Å². The van der Waals surface area contributed by atoms with Crippen LogP contribution in [0.5, 0.6) is 5.75 Å². The number of hydrazine groups is 1. The molecule has 0 aromatic heterocycles. The molecule has 0 saturated carbocycles. The molecule has 1 heterocycles. The van der Waals surface area contributed by atoms with E-state index in [1.807, 2.05) is 6.92 Å². The van der Waals surface area contributed by atoms with E-state index < -0.39 is 23.9 Å². The summed E-state index contributed by atoms with van der Waals surface area (Å²) in [5, 5.41) is 0.575. The average Bonchev–Trinajstić information content (AvgIpc) is 2.95. The van der Waals surface area contributed by atoms with Crippen LogP contribution in [0.1, 0.15) is 34.0 Å². The number of benzene rings is 2. The molecule has 2 amide bonds. The first-order valence-corrected chi connectivity index (χ1v) is 8.58. The topological polar surface area (TPSA) is 93.7 Å². The van der Waals surface area contributed by atoms with Crippen LogP contribution >= 0.6 is 11.6 Å². The molecule has 0 saturated heterocycles. The second-order valence-electron chi connectivity index (χ2n) is 5.98. The van der Waals surface area contributed by atoms with Crippen molar-refractivity contribution >= 4 is 29.4 Å². The van der Waals surface area contributed by atoms with Crippen molar-refractivity contribution in [1.29, 1.82) is 0 Å². The standard InChI is InChI=1S/C19H17ClN2O5/c1-11-8-12(20)6-7-15(11)26-10-18(24)22-21-17(23)9-16-13-4-2-3-5-14(13)19(25)27-16/h2-8,16H,9-10H2,1H3,(H,21,23)(H,22,24)/t16-/m1/s1. The van der Waals surface area contributed by atoms with E-state index in [0.717, 1.165) is 5.56 Å². The van der Waals surface area contributed by atoms with Crippen LogP contribution < -0.4 is 15.6 Å². The molecule has 2 N–H and O–H groups in total. The van der Waals surface area contributed by atoms with Gasteiger partial charge in [-0.2, -0.15) is 0 Å². The van der Waals surface area contributed by atoms with Crippen LogP contribution in [0.2, 0.25) is 5.02 Å². The number of carbonyl (C=O) groups is 3. The summed E-state index contributed by atoms with van der Waals surface area (Å²) in [5.41, 5.74) is 6.45. The molecule has 0 fully saturated rings. The monoisotopic (exact) mass is 388 g/mol. The summed E-state index contributed by atoms with van der Waals surface area (Å²) in [5.74, 6) is -0.948. The number of halogens is 1. The van der Waals surface area contributed by atoms with Crippen LogP contribution in [0, 0.1) is 6.92 Å². The first-order valence-electron chi connectivity index (χ1n) is 8.20. The minimum absolute atomic E-state index is 0.0970. The SMILES string of the molecule is Cc1cc(Cl)ccc1OCC(=O)NNC(=O)C[C@H]1OC(=O)c2ccccc21. The summed E-state index contributed by atoms with van der Waals surface area (Å²) in [4.78, 5) is 35.6. The molecule has 2 aromatic rings. The van der Waals surface area contributed by atoms with Crippen LogP contribution in [0.4, 0.5) is 0 Å². The fourth-order valence-electron chi connectivity index (χ4n) is 2.68. The Bertz CT molecular complexity index is 899. The van der Waals surface area contributed by atoms with Crippen LogP contribution in [0.15, 0.2) is 42.5 Å². The van der Waals surface area contributed by atoms with Crippen molar-refractivity contribution in [3.8, 4) is 5.75 Å². The van der Waals surface area contributed by atoms with Gasteiger partial charge in [0.05, 0.1) is 12.0 Å². The van der Waals surface area contributed by atoms with Crippen molar-refractivity contribution < 1.29 is 23.9 Å². The Morgan fingerprint density at radius 1 is 1.15 bits per heavy atom. The van der Waals surface area contributed by atoms with Gasteiger partial charge in [-0.3, -0.25) is 20.4 Å². The number of hydrogen-bond acceptors (Lipinski definition) is 5. The second kappa shape index (κ2) is 8.09. The van der Waals surface area contributed by atoms with Gasteiger partial charge in [-0.25, -0.2) is 4.79 Å². The molecule has 140 valence electrons. The van der Waals surface area contributed by atoms with Gasteiger partial charge in [0, 0.05) is 10.6 Å². The molecule has 0 bridgehead atoms. The normalized spacial score (nSPS) is 14.9. The first-order chi connectivity index (χ1) is 12.9. The molecule has 0 unspecified atom stereocenters. The molecule has 0 aliphatic carbocycles. The molecule has 0 radical (unpaired) electrons. The third-order valence-electron chi connectivity index (χ3n) is 3.98. The van der Waals surface area contributed by atoms with Crippen molar-refractivity contribution in [3.63, 3.8) is 0 Å². The number of amides is 2. The Morgan fingerprint density at radius 3 is 2.67 bits per heavy atom. The van der Waals surface area contributed by atoms with Gasteiger partial charge >= 0.3 is 5.97 Å². The van der Waals surface area contributed by atoms with Gasteiger partial charge in [-0.1, -0.05) is 29.8 Å². The van der Waals surface area contributed by atoms with Gasteiger partial charge in [-0.15, -0.1) is 0 Å². The summed E-state index contributed by atoms with van der Waals surface area (Å²) in [6.07, 6.45) is -0.765. The lowest BCUT2D eigenvalue weighted by Gasteiger charge is -2.12. The van der Waals surface area contributed by atoms with Crippen LogP contribution in [-0.2, 0) is 14.3 Å². The first kappa shape index (κ1) is 18.7. The predicted molar refractivity (Wildman–Crippen MR) is 97.2 cm³/mol. The number of carbonyl (C=O) groups excluding carboxylic acids is 3. The number of aryl methyl sites for hydroxylation is 1. The van der Waals surface area contributed by atoms with Crippen molar-refractivity contribution in [2.24, 2.45) is 0 Å². The Morgan fingerprint density at radius 2 is 1.89 bits per heavy atom. The van der Waals surface area contributed by atoms with Gasteiger partial charge in [0.25, 0.3) is 5.91 Å². The highest BCUT2D eigenvalue weighted by Gasteiger charge is 2.32. The molecule has 8 heteroatoms. The second-order valence-corrected chi connectivity index (χ2v) is 6.42. The fraction of sp³-hybridized carbons (Fsp3) is 0.211. The lowest BCUT2D eigenvalue weighted by Crippen LogP contribution is -2.44. The van der Waals surface area contributed by atoms with E-state index >= 15 is 0 Å². The van der Waals surface area contributed by atoms with Crippen LogP contribution in [0.3, 0.4) is 0 Å². The average molecular weight is 389 g/mol. The molecule has 0 spiro atoms. The quantitative estimate of drug-likeness (QED) is 0.606. The zero-order chi connectivity index (χ0) is 19.4. The summed E-state index contributed by atoms with van der Waals surface area (Å²) >= 11 is 5.86. The van der Waals surface area contributed by atoms with E-state index in [1.54, 1.807) is 42.5 Å². The fourth-order valence-corrected chi connectivity index (χ4v) is 2.91. The van der Waals surface area contributed by atoms with Crippen molar-refractivity contribution in [1.82, 2.24) is 10.9 Å². The zero-order valence-electron chi connectivity index (χ0n) is 14.5. The molecule has 3 rings (SSSR count). The molecule has 2 aromatic carbocycles. The number of ether oxygens (including phenoxy) is 2. The molecular formula is C19H17ClN2O5. The Labute approximate surface area is 160 Å². The lowest BCUT2D eigenvalue weighted by atomic mass is 10.0. The molecule has 1 atom stereocenters. The van der Waals surface area contributed by atoms with E-state index in [2.05, 4.69) is 10.9 Å². The molecule has 1 aliphatic heterocycles. The molecule has 1 aliphatic rings. The van der Waals surface area contributed by atoms with E-state index in [0.29, 0.717) is 21.9 Å². The van der Waals surface area contributed by atoms with Gasteiger partial charge in [0.2, 0.25) is 5.91 Å². The number of rotatable bonds is 5. The third kappa shape index (κ3) is 4.57. The highest BCUT2D eigenvalue weighted by atomic mass is 35.5. The number of esters is 1. The zero-order valence-corrected chi connectivity index (χ0v) is 15.2. The highest BCUT2D eigenvalue weighted by Crippen LogP contribution is 2.32. The van der Waals surface area contributed by atoms with Gasteiger partial charge in [-0.05, 0) is 36.8 Å². The van der Waals surface area contributed by atoms with Crippen molar-refractivity contribution in [2.45, 2.75) is 19.4 Å². The van der Waals surface area contributed by atoms with E-state index in [1.165, 1.54) is 0 Å². The van der Waals surface area contributed by atoms with Gasteiger partial charge < -0.3 is 9.47 Å². The van der Waals surface area contributed by atoms with Crippen LogP contribution in [-0.4, -0.2) is 24.4 Å². The maximum Gasteiger partial charge on any atom is 0.339 e. The number of cyclic esters (lactones) is 1. The number of hydrogen-bond donors (Lipinski definition) is 2. The summed E-state index contributed by atoms with van der Waals surface area (Å²) in [6, 6.07) is 11.9. The summed E-state index contributed by atoms with van der Waals surface area (Å²) in [7, 11) is 0. The van der Waals surface area contributed by atoms with Gasteiger partial charge in [0.15, 0.2) is 6.61 Å². The Hall–Kier alpha value is -3.06. The van der Waals surface area contributed by atoms with Crippen molar-refractivity contribution in [2.75, 3.05) is 6.61 Å².